The quantitative estimate of drug-likeness (QED) is 0.502. The second-order valence-electron chi connectivity index (χ2n) is 5.06. The Bertz CT molecular complexity index is 798. The standard InChI is InChI=1S/C17H14Cl2INO2S/c1-22-15-8-11(17-21-4-5-24-17)7-14(20)16(15)23-9-10-2-3-12(18)13(19)6-10/h2-3,6-8H,4-5,9H2,1H3. The summed E-state index contributed by atoms with van der Waals surface area (Å²) in [4.78, 5) is 4.52. The highest BCUT2D eigenvalue weighted by atomic mass is 127. The van der Waals surface area contributed by atoms with Crippen LogP contribution in [-0.4, -0.2) is 24.5 Å². The van der Waals surface area contributed by atoms with Gasteiger partial charge >= 0.3 is 0 Å². The average Bonchev–Trinajstić information content (AvgIpc) is 3.10. The van der Waals surface area contributed by atoms with Gasteiger partial charge in [-0.25, -0.2) is 0 Å². The Balaban J connectivity index is 1.83. The molecule has 24 heavy (non-hydrogen) atoms. The zero-order valence-electron chi connectivity index (χ0n) is 12.8. The molecule has 0 saturated heterocycles. The fraction of sp³-hybridized carbons (Fsp3) is 0.235. The number of methoxy groups -OCH3 is 1. The Morgan fingerprint density at radius 3 is 2.71 bits per heavy atom. The SMILES string of the molecule is COc1cc(C2=NCCS2)cc(I)c1OCc1ccc(Cl)c(Cl)c1. The number of hydrogen-bond acceptors (Lipinski definition) is 4. The van der Waals surface area contributed by atoms with Gasteiger partial charge in [0, 0.05) is 17.9 Å². The van der Waals surface area contributed by atoms with E-state index in [1.807, 2.05) is 18.2 Å². The summed E-state index contributed by atoms with van der Waals surface area (Å²) < 4.78 is 12.5. The lowest BCUT2D eigenvalue weighted by atomic mass is 10.2. The third kappa shape index (κ3) is 4.12. The van der Waals surface area contributed by atoms with Gasteiger partial charge in [0.15, 0.2) is 11.5 Å². The van der Waals surface area contributed by atoms with Gasteiger partial charge in [-0.2, -0.15) is 0 Å². The van der Waals surface area contributed by atoms with Gasteiger partial charge in [-0.05, 0) is 52.4 Å². The molecule has 7 heteroatoms. The maximum absolute atomic E-state index is 6.05. The van der Waals surface area contributed by atoms with Crippen molar-refractivity contribution in [1.82, 2.24) is 0 Å². The maximum atomic E-state index is 6.05. The second-order valence-corrected chi connectivity index (χ2v) is 8.12. The van der Waals surface area contributed by atoms with Crippen molar-refractivity contribution in [1.29, 1.82) is 0 Å². The van der Waals surface area contributed by atoms with Crippen molar-refractivity contribution in [3.05, 3.63) is 55.1 Å². The van der Waals surface area contributed by atoms with Gasteiger partial charge in [-0.1, -0.05) is 29.3 Å². The number of aliphatic imine (C=N–C) groups is 1. The third-order valence-corrected chi connectivity index (χ3v) is 5.99. The maximum Gasteiger partial charge on any atom is 0.174 e. The van der Waals surface area contributed by atoms with E-state index in [1.165, 1.54) is 0 Å². The normalized spacial score (nSPS) is 13.8. The Hall–Kier alpha value is -0.630. The van der Waals surface area contributed by atoms with Crippen molar-refractivity contribution in [2.24, 2.45) is 4.99 Å². The fourth-order valence-electron chi connectivity index (χ4n) is 2.28. The molecule has 0 atom stereocenters. The highest BCUT2D eigenvalue weighted by Gasteiger charge is 2.17. The minimum Gasteiger partial charge on any atom is -0.493 e. The number of nitrogens with zero attached hydrogens (tertiary/aromatic N) is 1. The molecule has 0 amide bonds. The van der Waals surface area contributed by atoms with Crippen LogP contribution in [0.25, 0.3) is 0 Å². The molecule has 1 aliphatic rings. The number of benzene rings is 2. The molecular weight excluding hydrogens is 480 g/mol. The van der Waals surface area contributed by atoms with Crippen LogP contribution in [0.5, 0.6) is 11.5 Å². The van der Waals surface area contributed by atoms with Crippen molar-refractivity contribution >= 4 is 62.6 Å². The number of rotatable bonds is 5. The lowest BCUT2D eigenvalue weighted by Gasteiger charge is -2.14. The Labute approximate surface area is 168 Å². The summed E-state index contributed by atoms with van der Waals surface area (Å²) in [7, 11) is 1.64. The number of hydrogen-bond donors (Lipinski definition) is 0. The third-order valence-electron chi connectivity index (χ3n) is 3.43. The number of thioether (sulfide) groups is 1. The molecule has 0 radical (unpaired) electrons. The van der Waals surface area contributed by atoms with E-state index in [9.17, 15) is 0 Å². The first-order valence-electron chi connectivity index (χ1n) is 7.20. The van der Waals surface area contributed by atoms with E-state index in [4.69, 9.17) is 32.7 Å². The van der Waals surface area contributed by atoms with Crippen molar-refractivity contribution in [2.75, 3.05) is 19.4 Å². The molecule has 0 aromatic heterocycles. The van der Waals surface area contributed by atoms with Crippen LogP contribution in [0.2, 0.25) is 10.0 Å². The summed E-state index contributed by atoms with van der Waals surface area (Å²) in [5, 5.41) is 2.11. The summed E-state index contributed by atoms with van der Waals surface area (Å²) in [5.41, 5.74) is 2.02. The van der Waals surface area contributed by atoms with Gasteiger partial charge in [0.05, 0.1) is 25.8 Å². The van der Waals surface area contributed by atoms with Crippen LogP contribution < -0.4 is 9.47 Å². The highest BCUT2D eigenvalue weighted by molar-refractivity contribution is 14.1. The predicted octanol–water partition coefficient (Wildman–Crippen LogP) is 5.68. The van der Waals surface area contributed by atoms with Gasteiger partial charge in [0.1, 0.15) is 6.61 Å². The first-order chi connectivity index (χ1) is 11.6. The highest BCUT2D eigenvalue weighted by Crippen LogP contribution is 2.36. The van der Waals surface area contributed by atoms with E-state index in [-0.39, 0.29) is 0 Å². The fourth-order valence-corrected chi connectivity index (χ4v) is 4.20. The van der Waals surface area contributed by atoms with Crippen LogP contribution in [0.4, 0.5) is 0 Å². The zero-order valence-corrected chi connectivity index (χ0v) is 17.3. The average molecular weight is 494 g/mol. The predicted molar refractivity (Wildman–Crippen MR) is 110 cm³/mol. The van der Waals surface area contributed by atoms with Crippen LogP contribution >= 0.6 is 57.6 Å². The van der Waals surface area contributed by atoms with Crippen LogP contribution in [0.1, 0.15) is 11.1 Å². The lowest BCUT2D eigenvalue weighted by molar-refractivity contribution is 0.282. The molecule has 0 aliphatic carbocycles. The van der Waals surface area contributed by atoms with Crippen molar-refractivity contribution in [2.45, 2.75) is 6.61 Å². The molecule has 1 heterocycles. The number of ether oxygens (including phenoxy) is 2. The van der Waals surface area contributed by atoms with Gasteiger partial charge in [0.25, 0.3) is 0 Å². The van der Waals surface area contributed by atoms with E-state index in [1.54, 1.807) is 24.9 Å². The molecule has 3 nitrogen and oxygen atoms in total. The van der Waals surface area contributed by atoms with Crippen LogP contribution in [0.3, 0.4) is 0 Å². The first-order valence-corrected chi connectivity index (χ1v) is 10.0. The molecule has 0 bridgehead atoms. The van der Waals surface area contributed by atoms with Crippen molar-refractivity contribution in [3.8, 4) is 11.5 Å². The minimum absolute atomic E-state index is 0.387. The second kappa shape index (κ2) is 8.17. The molecule has 126 valence electrons. The summed E-state index contributed by atoms with van der Waals surface area (Å²) in [5.74, 6) is 2.45. The molecule has 1 aliphatic heterocycles. The van der Waals surface area contributed by atoms with Gasteiger partial charge in [-0.15, -0.1) is 11.8 Å². The Morgan fingerprint density at radius 1 is 1.21 bits per heavy atom. The summed E-state index contributed by atoms with van der Waals surface area (Å²) in [6.07, 6.45) is 0. The largest absolute Gasteiger partial charge is 0.493 e. The molecule has 0 fully saturated rings. The Kier molecular flexibility index (Phi) is 6.18. The summed E-state index contributed by atoms with van der Waals surface area (Å²) in [6, 6.07) is 9.52. The monoisotopic (exact) mass is 493 g/mol. The summed E-state index contributed by atoms with van der Waals surface area (Å²) in [6.45, 7) is 1.26. The van der Waals surface area contributed by atoms with E-state index >= 15 is 0 Å². The van der Waals surface area contributed by atoms with E-state index in [2.05, 4.69) is 33.6 Å². The van der Waals surface area contributed by atoms with Gasteiger partial charge in [0.2, 0.25) is 0 Å². The van der Waals surface area contributed by atoms with Crippen LogP contribution in [-0.2, 0) is 6.61 Å². The molecule has 0 saturated carbocycles. The zero-order chi connectivity index (χ0) is 17.1. The molecule has 3 rings (SSSR count). The molecule has 0 unspecified atom stereocenters. The smallest absolute Gasteiger partial charge is 0.174 e. The molecule has 0 N–H and O–H groups in total. The van der Waals surface area contributed by atoms with E-state index < -0.39 is 0 Å². The lowest BCUT2D eigenvalue weighted by Crippen LogP contribution is -2.02. The van der Waals surface area contributed by atoms with Crippen LogP contribution in [0.15, 0.2) is 35.3 Å². The molecule has 2 aromatic rings. The molecule has 0 spiro atoms. The summed E-state index contributed by atoms with van der Waals surface area (Å²) >= 11 is 16.0. The minimum atomic E-state index is 0.387. The number of halogens is 3. The van der Waals surface area contributed by atoms with E-state index in [0.29, 0.717) is 22.4 Å². The Morgan fingerprint density at radius 2 is 2.04 bits per heavy atom. The van der Waals surface area contributed by atoms with Gasteiger partial charge < -0.3 is 9.47 Å². The molecule has 2 aromatic carbocycles. The van der Waals surface area contributed by atoms with Crippen LogP contribution in [0, 0.1) is 3.57 Å². The van der Waals surface area contributed by atoms with Gasteiger partial charge in [-0.3, -0.25) is 4.99 Å². The molecular formula is C17H14Cl2INO2S. The van der Waals surface area contributed by atoms with E-state index in [0.717, 1.165) is 37.8 Å². The first kappa shape index (κ1) is 18.2. The van der Waals surface area contributed by atoms with Crippen molar-refractivity contribution in [3.63, 3.8) is 0 Å². The topological polar surface area (TPSA) is 30.8 Å². The van der Waals surface area contributed by atoms with Crippen molar-refractivity contribution < 1.29 is 9.47 Å².